The Morgan fingerprint density at radius 2 is 1.76 bits per heavy atom. The molecule has 6 nitrogen and oxygen atoms in total. The molecule has 0 heterocycles. The van der Waals surface area contributed by atoms with Crippen LogP contribution in [0.15, 0.2) is 71.6 Å². The number of sulfonamides is 1. The lowest BCUT2D eigenvalue weighted by Gasteiger charge is -2.26. The second-order valence-electron chi connectivity index (χ2n) is 8.06. The first-order valence-electron chi connectivity index (χ1n) is 10.9. The Morgan fingerprint density at radius 3 is 2.35 bits per heavy atom. The molecule has 0 saturated carbocycles. The number of benzene rings is 3. The van der Waals surface area contributed by atoms with Gasteiger partial charge >= 0.3 is 0 Å². The second kappa shape index (κ2) is 10.9. The quantitative estimate of drug-likeness (QED) is 0.425. The zero-order chi connectivity index (χ0) is 24.9. The summed E-state index contributed by atoms with van der Waals surface area (Å²) in [4.78, 5) is 13.2. The third-order valence-electron chi connectivity index (χ3n) is 5.56. The Bertz CT molecular complexity index is 1260. The van der Waals surface area contributed by atoms with Gasteiger partial charge in [-0.1, -0.05) is 54.4 Å². The SMILES string of the molecule is CC[C@@H](NC(=O)CN(c1cccc(Cl)c1)S(=O)(=O)c1ccc(C)cc1)c1ccc(OC)c(C)c1. The van der Waals surface area contributed by atoms with Crippen LogP contribution in [-0.4, -0.2) is 28.0 Å². The number of anilines is 1. The van der Waals surface area contributed by atoms with Crippen LogP contribution in [-0.2, 0) is 14.8 Å². The first-order valence-corrected chi connectivity index (χ1v) is 12.8. The van der Waals surface area contributed by atoms with Crippen LogP contribution in [0.2, 0.25) is 5.02 Å². The van der Waals surface area contributed by atoms with Crippen molar-refractivity contribution in [1.29, 1.82) is 0 Å². The molecule has 1 atom stereocenters. The van der Waals surface area contributed by atoms with E-state index in [2.05, 4.69) is 5.32 Å². The van der Waals surface area contributed by atoms with Gasteiger partial charge in [-0.25, -0.2) is 8.42 Å². The fourth-order valence-corrected chi connectivity index (χ4v) is 5.29. The molecule has 1 N–H and O–H groups in total. The van der Waals surface area contributed by atoms with Crippen molar-refractivity contribution in [2.45, 2.75) is 38.1 Å². The zero-order valence-corrected chi connectivity index (χ0v) is 21.3. The van der Waals surface area contributed by atoms with Crippen LogP contribution in [0, 0.1) is 13.8 Å². The molecule has 0 aliphatic rings. The summed E-state index contributed by atoms with van der Waals surface area (Å²) < 4.78 is 33.4. The number of aryl methyl sites for hydroxylation is 2. The minimum atomic E-state index is -4.01. The summed E-state index contributed by atoms with van der Waals surface area (Å²) in [5.41, 5.74) is 3.13. The maximum absolute atomic E-state index is 13.5. The molecular weight excluding hydrogens is 472 g/mol. The summed E-state index contributed by atoms with van der Waals surface area (Å²) in [6, 6.07) is 18.4. The molecule has 0 aliphatic carbocycles. The molecule has 3 aromatic rings. The molecule has 0 aromatic heterocycles. The number of rotatable bonds is 9. The smallest absolute Gasteiger partial charge is 0.264 e. The number of carbonyl (C=O) groups excluding carboxylic acids is 1. The normalized spacial score (nSPS) is 12.1. The monoisotopic (exact) mass is 500 g/mol. The number of carbonyl (C=O) groups is 1. The lowest BCUT2D eigenvalue weighted by molar-refractivity contribution is -0.120. The van der Waals surface area contributed by atoms with E-state index < -0.39 is 15.9 Å². The number of methoxy groups -OCH3 is 1. The van der Waals surface area contributed by atoms with E-state index in [-0.39, 0.29) is 17.5 Å². The second-order valence-corrected chi connectivity index (χ2v) is 10.4. The topological polar surface area (TPSA) is 75.7 Å². The molecule has 0 aliphatic heterocycles. The van der Waals surface area contributed by atoms with E-state index in [4.69, 9.17) is 16.3 Å². The van der Waals surface area contributed by atoms with Gasteiger partial charge in [-0.3, -0.25) is 9.10 Å². The number of hydrogen-bond donors (Lipinski definition) is 1. The van der Waals surface area contributed by atoms with E-state index in [9.17, 15) is 13.2 Å². The van der Waals surface area contributed by atoms with E-state index >= 15 is 0 Å². The summed E-state index contributed by atoms with van der Waals surface area (Å²) in [5.74, 6) is 0.345. The predicted octanol–water partition coefficient (Wildman–Crippen LogP) is 5.43. The highest BCUT2D eigenvalue weighted by Gasteiger charge is 2.28. The van der Waals surface area contributed by atoms with Gasteiger partial charge in [0.2, 0.25) is 5.91 Å². The Morgan fingerprint density at radius 1 is 1.06 bits per heavy atom. The molecule has 34 heavy (non-hydrogen) atoms. The van der Waals surface area contributed by atoms with Gasteiger partial charge in [0.25, 0.3) is 10.0 Å². The maximum atomic E-state index is 13.5. The number of ether oxygens (including phenoxy) is 1. The zero-order valence-electron chi connectivity index (χ0n) is 19.7. The predicted molar refractivity (Wildman–Crippen MR) is 136 cm³/mol. The average molecular weight is 501 g/mol. The summed E-state index contributed by atoms with van der Waals surface area (Å²) in [7, 11) is -2.40. The van der Waals surface area contributed by atoms with Crippen LogP contribution in [0.3, 0.4) is 0 Å². The summed E-state index contributed by atoms with van der Waals surface area (Å²) in [6.07, 6.45) is 0.638. The van der Waals surface area contributed by atoms with Gasteiger partial charge in [-0.05, 0) is 67.8 Å². The Hall–Kier alpha value is -3.03. The lowest BCUT2D eigenvalue weighted by atomic mass is 10.0. The molecule has 1 amide bonds. The molecule has 0 fully saturated rings. The first kappa shape index (κ1) is 25.6. The van der Waals surface area contributed by atoms with Crippen molar-refractivity contribution >= 4 is 33.2 Å². The van der Waals surface area contributed by atoms with Crippen LogP contribution >= 0.6 is 11.6 Å². The van der Waals surface area contributed by atoms with Crippen molar-refractivity contribution in [3.05, 3.63) is 88.4 Å². The van der Waals surface area contributed by atoms with E-state index in [0.29, 0.717) is 17.1 Å². The number of nitrogens with one attached hydrogen (secondary N) is 1. The molecule has 8 heteroatoms. The van der Waals surface area contributed by atoms with Crippen molar-refractivity contribution in [2.75, 3.05) is 18.0 Å². The first-order chi connectivity index (χ1) is 16.1. The average Bonchev–Trinajstić information content (AvgIpc) is 2.81. The van der Waals surface area contributed by atoms with Gasteiger partial charge in [0.05, 0.1) is 23.7 Å². The minimum absolute atomic E-state index is 0.101. The van der Waals surface area contributed by atoms with E-state index in [1.807, 2.05) is 39.0 Å². The highest BCUT2D eigenvalue weighted by Crippen LogP contribution is 2.27. The fraction of sp³-hybridized carbons (Fsp3) is 0.269. The summed E-state index contributed by atoms with van der Waals surface area (Å²) >= 11 is 6.14. The molecule has 3 aromatic carbocycles. The summed E-state index contributed by atoms with van der Waals surface area (Å²) in [6.45, 7) is 5.39. The molecule has 0 radical (unpaired) electrons. The largest absolute Gasteiger partial charge is 0.496 e. The Kier molecular flexibility index (Phi) is 8.23. The molecular formula is C26H29ClN2O4S. The molecule has 3 rings (SSSR count). The molecule has 0 unspecified atom stereocenters. The van der Waals surface area contributed by atoms with Crippen molar-refractivity contribution < 1.29 is 17.9 Å². The third-order valence-corrected chi connectivity index (χ3v) is 7.58. The van der Waals surface area contributed by atoms with Crippen LogP contribution in [0.25, 0.3) is 0 Å². The van der Waals surface area contributed by atoms with Gasteiger partial charge in [0, 0.05) is 5.02 Å². The maximum Gasteiger partial charge on any atom is 0.264 e. The third kappa shape index (κ3) is 5.90. The Balaban J connectivity index is 1.90. The number of amides is 1. The number of halogens is 1. The molecule has 0 spiro atoms. The number of hydrogen-bond acceptors (Lipinski definition) is 4. The summed E-state index contributed by atoms with van der Waals surface area (Å²) in [5, 5.41) is 3.35. The van der Waals surface area contributed by atoms with Crippen LogP contribution in [0.4, 0.5) is 5.69 Å². The van der Waals surface area contributed by atoms with Crippen molar-refractivity contribution in [3.8, 4) is 5.75 Å². The van der Waals surface area contributed by atoms with Crippen molar-refractivity contribution in [2.24, 2.45) is 0 Å². The minimum Gasteiger partial charge on any atom is -0.496 e. The standard InChI is InChI=1S/C26H29ClN2O4S/c1-5-24(20-11-14-25(33-4)19(3)15-20)28-26(30)17-29(22-8-6-7-21(27)16-22)34(31,32)23-12-9-18(2)10-13-23/h6-16,24H,5,17H2,1-4H3,(H,28,30)/t24-/m1/s1. The lowest BCUT2D eigenvalue weighted by Crippen LogP contribution is -2.42. The van der Waals surface area contributed by atoms with Crippen LogP contribution in [0.5, 0.6) is 5.75 Å². The highest BCUT2D eigenvalue weighted by molar-refractivity contribution is 7.92. The van der Waals surface area contributed by atoms with Gasteiger partial charge in [-0.2, -0.15) is 0 Å². The van der Waals surface area contributed by atoms with Gasteiger partial charge in [0.15, 0.2) is 0 Å². The van der Waals surface area contributed by atoms with E-state index in [1.54, 1.807) is 37.4 Å². The van der Waals surface area contributed by atoms with Crippen LogP contribution < -0.4 is 14.4 Å². The van der Waals surface area contributed by atoms with Crippen LogP contribution in [0.1, 0.15) is 36.1 Å². The highest BCUT2D eigenvalue weighted by atomic mass is 35.5. The van der Waals surface area contributed by atoms with E-state index in [1.165, 1.54) is 18.2 Å². The van der Waals surface area contributed by atoms with Crippen molar-refractivity contribution in [1.82, 2.24) is 5.32 Å². The Labute approximate surface area is 206 Å². The van der Waals surface area contributed by atoms with Gasteiger partial charge in [0.1, 0.15) is 12.3 Å². The van der Waals surface area contributed by atoms with Gasteiger partial charge < -0.3 is 10.1 Å². The molecule has 0 saturated heterocycles. The molecule has 0 bridgehead atoms. The van der Waals surface area contributed by atoms with Crippen molar-refractivity contribution in [3.63, 3.8) is 0 Å². The fourth-order valence-electron chi connectivity index (χ4n) is 3.69. The number of nitrogens with zero attached hydrogens (tertiary/aromatic N) is 1. The molecule has 180 valence electrons. The van der Waals surface area contributed by atoms with E-state index in [0.717, 1.165) is 26.7 Å². The van der Waals surface area contributed by atoms with Gasteiger partial charge in [-0.15, -0.1) is 0 Å².